The Bertz CT molecular complexity index is 607. The number of anilines is 2. The van der Waals surface area contributed by atoms with Crippen molar-refractivity contribution in [3.05, 3.63) is 33.8 Å². The third kappa shape index (κ3) is 3.01. The van der Waals surface area contributed by atoms with Gasteiger partial charge in [-0.1, -0.05) is 13.0 Å². The largest absolute Gasteiger partial charge is 0.348 e. The molecule has 1 fully saturated rings. The summed E-state index contributed by atoms with van der Waals surface area (Å²) in [5.41, 5.74) is 3.73. The summed E-state index contributed by atoms with van der Waals surface area (Å²) in [5, 5.41) is 2.12. The maximum Gasteiger partial charge on any atom is 0.148 e. The highest BCUT2D eigenvalue weighted by molar-refractivity contribution is 7.09. The van der Waals surface area contributed by atoms with Crippen molar-refractivity contribution in [3.8, 4) is 0 Å². The summed E-state index contributed by atoms with van der Waals surface area (Å²) >= 11 is 1.79. The summed E-state index contributed by atoms with van der Waals surface area (Å²) in [5.74, 6) is 8.20. The van der Waals surface area contributed by atoms with Gasteiger partial charge in [-0.15, -0.1) is 11.3 Å². The van der Waals surface area contributed by atoms with Crippen LogP contribution in [-0.4, -0.2) is 16.0 Å². The average Bonchev–Trinajstić information content (AvgIpc) is 3.22. The first-order valence-corrected chi connectivity index (χ1v) is 8.24. The quantitative estimate of drug-likeness (QED) is 0.634. The van der Waals surface area contributed by atoms with Gasteiger partial charge in [-0.25, -0.2) is 15.8 Å². The van der Waals surface area contributed by atoms with Gasteiger partial charge in [0, 0.05) is 22.9 Å². The first-order valence-electron chi connectivity index (χ1n) is 7.36. The second kappa shape index (κ2) is 5.99. The van der Waals surface area contributed by atoms with Gasteiger partial charge in [0.2, 0.25) is 0 Å². The van der Waals surface area contributed by atoms with Gasteiger partial charge in [-0.05, 0) is 31.2 Å². The number of thiophene rings is 1. The molecule has 2 aromatic rings. The van der Waals surface area contributed by atoms with E-state index in [1.807, 2.05) is 6.92 Å². The maximum atomic E-state index is 5.61. The summed E-state index contributed by atoms with van der Waals surface area (Å²) in [6, 6.07) is 4.87. The van der Waals surface area contributed by atoms with Gasteiger partial charge in [-0.3, -0.25) is 0 Å². The summed E-state index contributed by atoms with van der Waals surface area (Å²) in [6.45, 7) is 5.01. The van der Waals surface area contributed by atoms with Crippen LogP contribution in [0.15, 0.2) is 17.5 Å². The van der Waals surface area contributed by atoms with Crippen molar-refractivity contribution in [3.63, 3.8) is 0 Å². The number of hydrogen-bond acceptors (Lipinski definition) is 6. The van der Waals surface area contributed by atoms with E-state index in [9.17, 15) is 0 Å². The van der Waals surface area contributed by atoms with Crippen molar-refractivity contribution in [2.24, 2.45) is 5.84 Å². The Balaban J connectivity index is 1.98. The van der Waals surface area contributed by atoms with Gasteiger partial charge in [0.05, 0.1) is 6.54 Å². The highest BCUT2D eigenvalue weighted by atomic mass is 32.1. The Morgan fingerprint density at radius 1 is 1.43 bits per heavy atom. The average molecular weight is 303 g/mol. The Labute approximate surface area is 129 Å². The molecule has 0 saturated heterocycles. The van der Waals surface area contributed by atoms with E-state index in [4.69, 9.17) is 10.8 Å². The van der Waals surface area contributed by atoms with Crippen molar-refractivity contribution in [1.29, 1.82) is 0 Å². The summed E-state index contributed by atoms with van der Waals surface area (Å²) in [6.07, 6.45) is 3.28. The zero-order valence-corrected chi connectivity index (χ0v) is 13.3. The molecule has 1 saturated carbocycles. The Hall–Kier alpha value is -1.66. The molecule has 0 spiro atoms. The molecule has 2 aromatic heterocycles. The fraction of sp³-hybridized carbons (Fsp3) is 0.467. The predicted molar refractivity (Wildman–Crippen MR) is 87.5 cm³/mol. The lowest BCUT2D eigenvalue weighted by atomic mass is 10.2. The summed E-state index contributed by atoms with van der Waals surface area (Å²) in [4.78, 5) is 13.0. The zero-order chi connectivity index (χ0) is 14.8. The number of hydrazine groups is 1. The minimum absolute atomic E-state index is 0.594. The highest BCUT2D eigenvalue weighted by Gasteiger charge is 2.32. The van der Waals surface area contributed by atoms with E-state index < -0.39 is 0 Å². The molecule has 0 aromatic carbocycles. The fourth-order valence-corrected chi connectivity index (χ4v) is 3.16. The van der Waals surface area contributed by atoms with E-state index in [-0.39, 0.29) is 0 Å². The van der Waals surface area contributed by atoms with Crippen LogP contribution >= 0.6 is 11.3 Å². The van der Waals surface area contributed by atoms with Crippen LogP contribution < -0.4 is 16.2 Å². The van der Waals surface area contributed by atoms with E-state index in [1.165, 1.54) is 17.7 Å². The number of rotatable bonds is 6. The Morgan fingerprint density at radius 2 is 2.24 bits per heavy atom. The van der Waals surface area contributed by atoms with Crippen molar-refractivity contribution in [2.75, 3.05) is 10.3 Å². The molecule has 3 N–H and O–H groups in total. The molecule has 1 aliphatic rings. The first-order chi connectivity index (χ1) is 10.2. The molecule has 0 radical (unpaired) electrons. The molecule has 6 heteroatoms. The van der Waals surface area contributed by atoms with E-state index in [0.29, 0.717) is 6.04 Å². The van der Waals surface area contributed by atoms with Gasteiger partial charge < -0.3 is 10.3 Å². The molecule has 0 amide bonds. The van der Waals surface area contributed by atoms with Crippen LogP contribution in [0.2, 0.25) is 0 Å². The molecule has 0 aliphatic heterocycles. The lowest BCUT2D eigenvalue weighted by Gasteiger charge is -2.26. The lowest BCUT2D eigenvalue weighted by Crippen LogP contribution is -2.28. The SMILES string of the molecule is CCc1nc(NN)c(C)c(N(Cc2cccs2)C2CC2)n1. The van der Waals surface area contributed by atoms with Gasteiger partial charge >= 0.3 is 0 Å². The molecule has 21 heavy (non-hydrogen) atoms. The van der Waals surface area contributed by atoms with Crippen LogP contribution in [-0.2, 0) is 13.0 Å². The maximum absolute atomic E-state index is 5.61. The van der Waals surface area contributed by atoms with Crippen LogP contribution in [0.1, 0.15) is 36.0 Å². The number of nitrogen functional groups attached to an aromatic ring is 1. The number of nitrogens with one attached hydrogen (secondary N) is 1. The van der Waals surface area contributed by atoms with Crippen molar-refractivity contribution in [1.82, 2.24) is 9.97 Å². The minimum Gasteiger partial charge on any atom is -0.348 e. The van der Waals surface area contributed by atoms with Crippen LogP contribution in [0.5, 0.6) is 0 Å². The Morgan fingerprint density at radius 3 is 2.81 bits per heavy atom. The molecule has 0 atom stereocenters. The van der Waals surface area contributed by atoms with Crippen LogP contribution in [0.4, 0.5) is 11.6 Å². The van der Waals surface area contributed by atoms with Gasteiger partial charge in [-0.2, -0.15) is 0 Å². The number of nitrogens with zero attached hydrogens (tertiary/aromatic N) is 3. The van der Waals surface area contributed by atoms with Gasteiger partial charge in [0.25, 0.3) is 0 Å². The van der Waals surface area contributed by atoms with Crippen molar-refractivity contribution in [2.45, 2.75) is 45.7 Å². The van der Waals surface area contributed by atoms with E-state index in [2.05, 4.69) is 39.7 Å². The fourth-order valence-electron chi connectivity index (χ4n) is 2.46. The van der Waals surface area contributed by atoms with Crippen LogP contribution in [0.3, 0.4) is 0 Å². The minimum atomic E-state index is 0.594. The number of nitrogens with two attached hydrogens (primary N) is 1. The number of hydrogen-bond donors (Lipinski definition) is 2. The molecule has 1 aliphatic carbocycles. The second-order valence-corrected chi connectivity index (χ2v) is 6.41. The molecule has 0 bridgehead atoms. The monoisotopic (exact) mass is 303 g/mol. The molecule has 112 valence electrons. The molecular formula is C15H21N5S. The summed E-state index contributed by atoms with van der Waals surface area (Å²) < 4.78 is 0. The van der Waals surface area contributed by atoms with E-state index in [0.717, 1.165) is 36.0 Å². The number of aryl methyl sites for hydroxylation is 1. The molecular weight excluding hydrogens is 282 g/mol. The highest BCUT2D eigenvalue weighted by Crippen LogP contribution is 2.35. The second-order valence-electron chi connectivity index (χ2n) is 5.37. The first kappa shape index (κ1) is 14.3. The molecule has 2 heterocycles. The van der Waals surface area contributed by atoms with Crippen LogP contribution in [0, 0.1) is 6.92 Å². The molecule has 0 unspecified atom stereocenters. The molecule has 3 rings (SSSR count). The zero-order valence-electron chi connectivity index (χ0n) is 12.5. The topological polar surface area (TPSA) is 67.1 Å². The third-order valence-corrected chi connectivity index (χ3v) is 4.65. The standard InChI is InChI=1S/C15H21N5S/c1-3-13-17-14(19-16)10(2)15(18-13)20(11-6-7-11)9-12-5-4-8-21-12/h4-5,8,11H,3,6-7,9,16H2,1-2H3,(H,17,18,19). The van der Waals surface area contributed by atoms with E-state index >= 15 is 0 Å². The predicted octanol–water partition coefficient (Wildman–Crippen LogP) is 2.86. The van der Waals surface area contributed by atoms with Crippen molar-refractivity contribution >= 4 is 23.0 Å². The normalized spacial score (nSPS) is 14.2. The smallest absolute Gasteiger partial charge is 0.148 e. The number of aromatic nitrogens is 2. The third-order valence-electron chi connectivity index (χ3n) is 3.79. The van der Waals surface area contributed by atoms with Crippen molar-refractivity contribution < 1.29 is 0 Å². The van der Waals surface area contributed by atoms with Crippen LogP contribution in [0.25, 0.3) is 0 Å². The molecule has 5 nitrogen and oxygen atoms in total. The van der Waals surface area contributed by atoms with Gasteiger partial charge in [0.15, 0.2) is 0 Å². The summed E-state index contributed by atoms with van der Waals surface area (Å²) in [7, 11) is 0. The van der Waals surface area contributed by atoms with Gasteiger partial charge in [0.1, 0.15) is 17.5 Å². The Kier molecular flexibility index (Phi) is 4.07. The lowest BCUT2D eigenvalue weighted by molar-refractivity contribution is 0.767. The van der Waals surface area contributed by atoms with E-state index in [1.54, 1.807) is 11.3 Å².